The summed E-state index contributed by atoms with van der Waals surface area (Å²) in [4.78, 5) is 20.4. The monoisotopic (exact) mass is 243 g/mol. The summed E-state index contributed by atoms with van der Waals surface area (Å²) in [6.07, 6.45) is 3.24. The number of amides is 1. The second-order valence-corrected chi connectivity index (χ2v) is 4.20. The van der Waals surface area contributed by atoms with Gasteiger partial charge in [-0.05, 0) is 24.3 Å². The molecule has 0 aromatic carbocycles. The molecule has 1 aliphatic rings. The molecule has 0 unspecified atom stereocenters. The molecule has 1 aliphatic heterocycles. The van der Waals surface area contributed by atoms with Gasteiger partial charge in [0.2, 0.25) is 0 Å². The largest absolute Gasteiger partial charge is 0.459 e. The van der Waals surface area contributed by atoms with Crippen LogP contribution in [-0.4, -0.2) is 31.0 Å². The third-order valence-corrected chi connectivity index (χ3v) is 3.05. The first-order valence-electron chi connectivity index (χ1n) is 5.79. The van der Waals surface area contributed by atoms with Crippen LogP contribution in [0.25, 0.3) is 0 Å². The normalized spacial score (nSPS) is 14.5. The molecule has 0 saturated carbocycles. The zero-order valence-corrected chi connectivity index (χ0v) is 10.0. The van der Waals surface area contributed by atoms with E-state index in [1.807, 2.05) is 24.1 Å². The smallest absolute Gasteiger partial charge is 0.294 e. The number of pyridine rings is 1. The maximum atomic E-state index is 12.3. The summed E-state index contributed by atoms with van der Waals surface area (Å²) < 4.78 is 5.17. The minimum atomic E-state index is -0.123. The first kappa shape index (κ1) is 10.8. The van der Waals surface area contributed by atoms with E-state index in [2.05, 4.69) is 4.98 Å². The van der Waals surface area contributed by atoms with E-state index in [4.69, 9.17) is 4.42 Å². The Bertz CT molecular complexity index is 565. The zero-order valence-electron chi connectivity index (χ0n) is 10.0. The van der Waals surface area contributed by atoms with E-state index >= 15 is 0 Å². The molecule has 5 heteroatoms. The molecule has 0 fully saturated rings. The minimum absolute atomic E-state index is 0.123. The van der Waals surface area contributed by atoms with Gasteiger partial charge in [0.05, 0.1) is 12.0 Å². The quantitative estimate of drug-likeness (QED) is 0.766. The van der Waals surface area contributed by atoms with Gasteiger partial charge in [-0.2, -0.15) is 0 Å². The molecule has 0 spiro atoms. The van der Waals surface area contributed by atoms with E-state index < -0.39 is 0 Å². The Labute approximate surface area is 105 Å². The molecule has 0 aliphatic carbocycles. The molecule has 1 amide bonds. The molecule has 2 aromatic heterocycles. The molecule has 0 bridgehead atoms. The van der Waals surface area contributed by atoms with E-state index in [1.165, 1.54) is 6.26 Å². The average molecular weight is 243 g/mol. The molecule has 2 aromatic rings. The predicted molar refractivity (Wildman–Crippen MR) is 67.9 cm³/mol. The van der Waals surface area contributed by atoms with Gasteiger partial charge >= 0.3 is 0 Å². The van der Waals surface area contributed by atoms with Crippen molar-refractivity contribution in [3.05, 3.63) is 42.5 Å². The molecule has 18 heavy (non-hydrogen) atoms. The SMILES string of the molecule is CN1CCN(C(=O)c2ccco2)c2cccnc21. The van der Waals surface area contributed by atoms with Gasteiger partial charge in [0.1, 0.15) is 0 Å². The van der Waals surface area contributed by atoms with Crippen LogP contribution in [0.3, 0.4) is 0 Å². The number of furan rings is 1. The molecule has 5 nitrogen and oxygen atoms in total. The van der Waals surface area contributed by atoms with Gasteiger partial charge in [0.15, 0.2) is 11.6 Å². The molecule has 0 saturated heterocycles. The summed E-state index contributed by atoms with van der Waals surface area (Å²) in [7, 11) is 1.97. The number of carbonyl (C=O) groups excluding carboxylic acids is 1. The number of nitrogens with zero attached hydrogens (tertiary/aromatic N) is 3. The lowest BCUT2D eigenvalue weighted by molar-refractivity contribution is 0.0960. The first-order valence-corrected chi connectivity index (χ1v) is 5.79. The Morgan fingerprint density at radius 3 is 3.00 bits per heavy atom. The number of hydrogen-bond acceptors (Lipinski definition) is 4. The maximum absolute atomic E-state index is 12.3. The number of likely N-dealkylation sites (N-methyl/N-ethyl adjacent to an activating group) is 1. The van der Waals surface area contributed by atoms with Crippen molar-refractivity contribution < 1.29 is 9.21 Å². The molecular weight excluding hydrogens is 230 g/mol. The Balaban J connectivity index is 2.00. The molecule has 0 N–H and O–H groups in total. The van der Waals surface area contributed by atoms with E-state index in [0.29, 0.717) is 12.3 Å². The number of carbonyl (C=O) groups is 1. The number of aromatic nitrogens is 1. The fraction of sp³-hybridized carbons (Fsp3) is 0.231. The summed E-state index contributed by atoms with van der Waals surface area (Å²) in [5, 5.41) is 0. The van der Waals surface area contributed by atoms with Crippen LogP contribution in [0, 0.1) is 0 Å². The van der Waals surface area contributed by atoms with Gasteiger partial charge < -0.3 is 14.2 Å². The highest BCUT2D eigenvalue weighted by molar-refractivity contribution is 6.06. The van der Waals surface area contributed by atoms with Crippen LogP contribution in [0.1, 0.15) is 10.6 Å². The summed E-state index contributed by atoms with van der Waals surface area (Å²) in [5.74, 6) is 1.06. The van der Waals surface area contributed by atoms with Crippen LogP contribution in [0.15, 0.2) is 41.1 Å². The van der Waals surface area contributed by atoms with Gasteiger partial charge in [0.25, 0.3) is 5.91 Å². The summed E-state index contributed by atoms with van der Waals surface area (Å²) >= 11 is 0. The second kappa shape index (κ2) is 4.18. The highest BCUT2D eigenvalue weighted by Gasteiger charge is 2.27. The molecule has 0 radical (unpaired) electrons. The average Bonchev–Trinajstić information content (AvgIpc) is 2.93. The Morgan fingerprint density at radius 2 is 2.22 bits per heavy atom. The van der Waals surface area contributed by atoms with Crippen LogP contribution in [0.2, 0.25) is 0 Å². The van der Waals surface area contributed by atoms with Gasteiger partial charge in [-0.25, -0.2) is 4.98 Å². The topological polar surface area (TPSA) is 49.6 Å². The Morgan fingerprint density at radius 1 is 1.33 bits per heavy atom. The van der Waals surface area contributed by atoms with Crippen molar-refractivity contribution in [3.63, 3.8) is 0 Å². The van der Waals surface area contributed by atoms with Gasteiger partial charge in [-0.3, -0.25) is 4.79 Å². The van der Waals surface area contributed by atoms with Gasteiger partial charge in [-0.15, -0.1) is 0 Å². The molecule has 0 atom stereocenters. The number of anilines is 2. The number of rotatable bonds is 1. The van der Waals surface area contributed by atoms with Crippen LogP contribution < -0.4 is 9.80 Å². The van der Waals surface area contributed by atoms with E-state index in [-0.39, 0.29) is 5.91 Å². The van der Waals surface area contributed by atoms with Crippen LogP contribution in [0.5, 0.6) is 0 Å². The standard InChI is InChI=1S/C13H13N3O2/c1-15-7-8-16(10-4-2-6-14-12(10)15)13(17)11-5-3-9-18-11/h2-6,9H,7-8H2,1H3. The highest BCUT2D eigenvalue weighted by Crippen LogP contribution is 2.30. The second-order valence-electron chi connectivity index (χ2n) is 4.20. The van der Waals surface area contributed by atoms with Crippen molar-refractivity contribution in [2.45, 2.75) is 0 Å². The van der Waals surface area contributed by atoms with Crippen molar-refractivity contribution in [1.82, 2.24) is 4.98 Å². The highest BCUT2D eigenvalue weighted by atomic mass is 16.3. The number of fused-ring (bicyclic) bond motifs is 1. The van der Waals surface area contributed by atoms with Crippen LogP contribution in [-0.2, 0) is 0 Å². The maximum Gasteiger partial charge on any atom is 0.294 e. The van der Waals surface area contributed by atoms with E-state index in [0.717, 1.165) is 18.1 Å². The number of hydrogen-bond donors (Lipinski definition) is 0. The minimum Gasteiger partial charge on any atom is -0.459 e. The van der Waals surface area contributed by atoms with Crippen molar-refractivity contribution in [2.24, 2.45) is 0 Å². The Hall–Kier alpha value is -2.30. The zero-order chi connectivity index (χ0) is 12.5. The van der Waals surface area contributed by atoms with Crippen LogP contribution in [0.4, 0.5) is 11.5 Å². The van der Waals surface area contributed by atoms with Gasteiger partial charge in [0, 0.05) is 26.3 Å². The van der Waals surface area contributed by atoms with Crippen molar-refractivity contribution in [3.8, 4) is 0 Å². The molecular formula is C13H13N3O2. The van der Waals surface area contributed by atoms with Crippen molar-refractivity contribution >= 4 is 17.4 Å². The van der Waals surface area contributed by atoms with Gasteiger partial charge in [-0.1, -0.05) is 0 Å². The lowest BCUT2D eigenvalue weighted by Crippen LogP contribution is -2.43. The predicted octanol–water partition coefficient (Wildman–Crippen LogP) is 1.77. The van der Waals surface area contributed by atoms with E-state index in [1.54, 1.807) is 23.2 Å². The first-order chi connectivity index (χ1) is 8.77. The molecule has 3 heterocycles. The van der Waals surface area contributed by atoms with Crippen molar-refractivity contribution in [1.29, 1.82) is 0 Å². The lowest BCUT2D eigenvalue weighted by atomic mass is 10.2. The van der Waals surface area contributed by atoms with E-state index in [9.17, 15) is 4.79 Å². The van der Waals surface area contributed by atoms with Crippen LogP contribution >= 0.6 is 0 Å². The fourth-order valence-electron chi connectivity index (χ4n) is 2.11. The lowest BCUT2D eigenvalue weighted by Gasteiger charge is -2.33. The summed E-state index contributed by atoms with van der Waals surface area (Å²) in [5.41, 5.74) is 0.827. The third-order valence-electron chi connectivity index (χ3n) is 3.05. The summed E-state index contributed by atoms with van der Waals surface area (Å²) in [6.45, 7) is 1.39. The molecule has 92 valence electrons. The fourth-order valence-corrected chi connectivity index (χ4v) is 2.11. The third kappa shape index (κ3) is 1.64. The van der Waals surface area contributed by atoms with Crippen molar-refractivity contribution in [2.75, 3.05) is 29.9 Å². The molecule has 3 rings (SSSR count). The Kier molecular flexibility index (Phi) is 2.51. The summed E-state index contributed by atoms with van der Waals surface area (Å²) in [6, 6.07) is 7.13.